The van der Waals surface area contributed by atoms with Gasteiger partial charge in [0, 0.05) is 0 Å². The van der Waals surface area contributed by atoms with Crippen molar-refractivity contribution in [2.75, 3.05) is 0 Å². The molecule has 1 heterocycles. The number of hydrogen-bond acceptors (Lipinski definition) is 0. The number of allylic oxidation sites excluding steroid dienone is 3. The first-order valence-corrected chi connectivity index (χ1v) is 16.0. The van der Waals surface area contributed by atoms with E-state index in [0.29, 0.717) is 0 Å². The predicted molar refractivity (Wildman–Crippen MR) is 108 cm³/mol. The Balaban J connectivity index is 2.09. The third-order valence-corrected chi connectivity index (χ3v) is 10.5. The Morgan fingerprint density at radius 2 is 1.04 bits per heavy atom. The topological polar surface area (TPSA) is 0 Å². The van der Waals surface area contributed by atoms with E-state index in [1.165, 1.54) is 26.2 Å². The van der Waals surface area contributed by atoms with Crippen LogP contribution >= 0.6 is 0 Å². The van der Waals surface area contributed by atoms with Gasteiger partial charge in [-0.1, -0.05) is 0 Å². The standard InChI is InChI=1S/C24H20.Tl.H/c1-3-13-20(2)24(21-14-7-4-8-15-21,22-16-9-5-10-17-22)23-18-11-6-12-19-23;;/h2-19H,1H2;;. The molecule has 0 radical (unpaired) electrons. The van der Waals surface area contributed by atoms with Crippen molar-refractivity contribution in [2.24, 2.45) is 0 Å². The van der Waals surface area contributed by atoms with Crippen LogP contribution in [0.5, 0.6) is 0 Å². The van der Waals surface area contributed by atoms with Crippen LogP contribution in [0.3, 0.4) is 0 Å². The van der Waals surface area contributed by atoms with Crippen molar-refractivity contribution >= 4 is 24.2 Å². The molecule has 0 saturated carbocycles. The summed E-state index contributed by atoms with van der Waals surface area (Å²) in [6.07, 6.45) is 4.77. The van der Waals surface area contributed by atoms with Gasteiger partial charge in [-0.3, -0.25) is 0 Å². The van der Waals surface area contributed by atoms with E-state index in [2.05, 4.69) is 107 Å². The van der Waals surface area contributed by atoms with Crippen LogP contribution in [0.1, 0.15) is 16.7 Å². The van der Waals surface area contributed by atoms with Crippen molar-refractivity contribution in [3.05, 3.63) is 129 Å². The second-order valence-corrected chi connectivity index (χ2v) is 12.6. The van der Waals surface area contributed by atoms with E-state index < -0.39 is 24.2 Å². The normalized spacial score (nSPS) is 13.8. The Morgan fingerprint density at radius 1 is 0.600 bits per heavy atom. The molecule has 1 heteroatoms. The molecule has 1 aliphatic rings. The van der Waals surface area contributed by atoms with Gasteiger partial charge in [0.2, 0.25) is 0 Å². The fourth-order valence-corrected chi connectivity index (χ4v) is 8.93. The van der Waals surface area contributed by atoms with Crippen molar-refractivity contribution < 1.29 is 0 Å². The third kappa shape index (κ3) is 3.04. The number of benzene rings is 3. The number of hydrogen-bond donors (Lipinski definition) is 0. The van der Waals surface area contributed by atoms with Gasteiger partial charge in [0.15, 0.2) is 0 Å². The average molecular weight is 514 g/mol. The van der Waals surface area contributed by atoms with Crippen LogP contribution in [-0.2, 0) is 5.41 Å². The molecule has 0 unspecified atom stereocenters. The predicted octanol–water partition coefficient (Wildman–Crippen LogP) is 5.33. The van der Waals surface area contributed by atoms with Gasteiger partial charge in [0.1, 0.15) is 0 Å². The van der Waals surface area contributed by atoms with Crippen molar-refractivity contribution in [2.45, 2.75) is 9.40 Å². The second-order valence-electron chi connectivity index (χ2n) is 6.49. The Morgan fingerprint density at radius 3 is 1.40 bits per heavy atom. The maximum absolute atomic E-state index is 2.63. The molecule has 1 aliphatic heterocycles. The Hall–Kier alpha value is -1.94. The maximum atomic E-state index is 2.63. The zero-order valence-corrected chi connectivity index (χ0v) is 19.8. The van der Waals surface area contributed by atoms with E-state index in [0.717, 1.165) is 0 Å². The summed E-state index contributed by atoms with van der Waals surface area (Å²) < 4.78 is 3.98. The summed E-state index contributed by atoms with van der Waals surface area (Å²) in [7, 11) is 0. The van der Waals surface area contributed by atoms with Crippen LogP contribution in [0.25, 0.3) is 0 Å². The van der Waals surface area contributed by atoms with Gasteiger partial charge in [-0.2, -0.15) is 0 Å². The molecule has 0 aliphatic carbocycles. The van der Waals surface area contributed by atoms with Crippen molar-refractivity contribution in [1.29, 1.82) is 0 Å². The summed E-state index contributed by atoms with van der Waals surface area (Å²) in [6, 6.07) is 32.9. The molecule has 0 bridgehead atoms. The molecule has 3 aromatic rings. The first kappa shape index (κ1) is 16.5. The minimum absolute atomic E-state index is 0.222. The second kappa shape index (κ2) is 7.53. The Bertz CT molecular complexity index is 780. The van der Waals surface area contributed by atoms with Crippen LogP contribution < -0.4 is 0 Å². The molecular formula is C24H21Tl. The van der Waals surface area contributed by atoms with Gasteiger partial charge in [-0.05, 0) is 0 Å². The van der Waals surface area contributed by atoms with E-state index in [-0.39, 0.29) is 5.41 Å². The van der Waals surface area contributed by atoms with Gasteiger partial charge in [-0.25, -0.2) is 0 Å². The number of rotatable bonds is 4. The molecule has 120 valence electrons. The van der Waals surface area contributed by atoms with Crippen LogP contribution in [0, 0.1) is 0 Å². The quantitative estimate of drug-likeness (QED) is 0.327. The van der Waals surface area contributed by atoms with Crippen LogP contribution in [0.15, 0.2) is 112 Å². The monoisotopic (exact) mass is 514 g/mol. The summed E-state index contributed by atoms with van der Waals surface area (Å²) in [5.41, 5.74) is 5.28. The molecule has 0 amide bonds. The fraction of sp³-hybridized carbons (Fsp3) is 0.0833. The van der Waals surface area contributed by atoms with E-state index in [1.54, 1.807) is 0 Å². The summed E-state index contributed by atoms with van der Waals surface area (Å²) in [6.45, 7) is 0. The van der Waals surface area contributed by atoms with E-state index in [1.807, 2.05) is 0 Å². The van der Waals surface area contributed by atoms with Crippen molar-refractivity contribution in [3.8, 4) is 0 Å². The van der Waals surface area contributed by atoms with Gasteiger partial charge < -0.3 is 0 Å². The molecule has 0 spiro atoms. The Labute approximate surface area is 162 Å². The zero-order chi connectivity index (χ0) is 17.0. The molecule has 0 fully saturated rings. The molecule has 0 atom stereocenters. The van der Waals surface area contributed by atoms with Crippen molar-refractivity contribution in [3.63, 3.8) is 0 Å². The molecule has 0 nitrogen and oxygen atoms in total. The molecule has 0 N–H and O–H groups in total. The average Bonchev–Trinajstić information content (AvgIpc) is 2.72. The van der Waals surface area contributed by atoms with Crippen LogP contribution in [0.4, 0.5) is 0 Å². The summed E-state index contributed by atoms with van der Waals surface area (Å²) in [5.74, 6) is 0. The summed E-state index contributed by atoms with van der Waals surface area (Å²) in [4.78, 5) is 0. The molecular weight excluding hydrogens is 493 g/mol. The van der Waals surface area contributed by atoms with E-state index in [9.17, 15) is 0 Å². The molecule has 0 aromatic heterocycles. The van der Waals surface area contributed by atoms with E-state index in [4.69, 9.17) is 0 Å². The van der Waals surface area contributed by atoms with Gasteiger partial charge in [0.05, 0.1) is 0 Å². The molecule has 0 saturated heterocycles. The first-order valence-electron chi connectivity index (χ1n) is 8.96. The molecule has 4 rings (SSSR count). The molecule has 25 heavy (non-hydrogen) atoms. The van der Waals surface area contributed by atoms with Crippen LogP contribution in [0.2, 0.25) is 3.98 Å². The third-order valence-electron chi connectivity index (χ3n) is 5.05. The van der Waals surface area contributed by atoms with Gasteiger partial charge >= 0.3 is 163 Å². The first-order chi connectivity index (χ1) is 12.4. The van der Waals surface area contributed by atoms with Gasteiger partial charge in [0.25, 0.3) is 0 Å². The van der Waals surface area contributed by atoms with Crippen molar-refractivity contribution in [1.82, 2.24) is 0 Å². The Kier molecular flexibility index (Phi) is 4.97. The van der Waals surface area contributed by atoms with E-state index >= 15 is 0 Å². The fourth-order valence-electron chi connectivity index (χ4n) is 3.96. The van der Waals surface area contributed by atoms with Crippen LogP contribution in [-0.4, -0.2) is 24.2 Å². The summed E-state index contributed by atoms with van der Waals surface area (Å²) in [5, 5.41) is 0. The minimum atomic E-state index is -0.950. The van der Waals surface area contributed by atoms with Gasteiger partial charge in [-0.15, -0.1) is 0 Å². The molecule has 3 aromatic carbocycles. The summed E-state index contributed by atoms with van der Waals surface area (Å²) >= 11 is -0.950. The zero-order valence-electron chi connectivity index (χ0n) is 14.3. The SMILES string of the molecule is C1=CC(C(c2ccccc2)(c2ccccc2)c2ccccc2)=[CH][TlH][CH2]1.